The lowest BCUT2D eigenvalue weighted by Crippen LogP contribution is -2.13. The predicted octanol–water partition coefficient (Wildman–Crippen LogP) is 2.87. The summed E-state index contributed by atoms with van der Waals surface area (Å²) in [5, 5.41) is 13.9. The standard InChI is InChI=1S/C16H17N5/c17-8-7-11-3-1-4-13-14(11)15(12-5-6-12)20-21(13)16-18-9-2-10-19-16/h2,9-12H,1,3-7H2. The van der Waals surface area contributed by atoms with E-state index in [2.05, 4.69) is 16.0 Å². The largest absolute Gasteiger partial charge is 0.250 e. The van der Waals surface area contributed by atoms with Crippen molar-refractivity contribution >= 4 is 0 Å². The summed E-state index contributed by atoms with van der Waals surface area (Å²) < 4.78 is 1.92. The minimum atomic E-state index is 0.340. The SMILES string of the molecule is N#CCC1CCCc2c1c(C1CC1)nn2-c1ncccn1. The van der Waals surface area contributed by atoms with Crippen molar-refractivity contribution in [3.63, 3.8) is 0 Å². The molecule has 0 spiro atoms. The second-order valence-corrected chi connectivity index (χ2v) is 5.93. The molecule has 5 nitrogen and oxygen atoms in total. The highest BCUT2D eigenvalue weighted by atomic mass is 15.4. The quantitative estimate of drug-likeness (QED) is 0.866. The van der Waals surface area contributed by atoms with Crippen molar-refractivity contribution in [2.24, 2.45) is 0 Å². The lowest BCUT2D eigenvalue weighted by atomic mass is 9.82. The zero-order chi connectivity index (χ0) is 14.2. The molecule has 0 radical (unpaired) electrons. The Labute approximate surface area is 123 Å². The van der Waals surface area contributed by atoms with Gasteiger partial charge < -0.3 is 0 Å². The average Bonchev–Trinajstić information content (AvgIpc) is 3.29. The Morgan fingerprint density at radius 2 is 2.05 bits per heavy atom. The summed E-state index contributed by atoms with van der Waals surface area (Å²) in [7, 11) is 0. The van der Waals surface area contributed by atoms with Crippen LogP contribution in [-0.4, -0.2) is 19.7 Å². The van der Waals surface area contributed by atoms with Crippen LogP contribution in [0.3, 0.4) is 0 Å². The molecule has 1 saturated carbocycles. The fraction of sp³-hybridized carbons (Fsp3) is 0.500. The molecule has 0 N–H and O–H groups in total. The molecule has 0 aliphatic heterocycles. The van der Waals surface area contributed by atoms with Crippen LogP contribution in [0.4, 0.5) is 0 Å². The van der Waals surface area contributed by atoms with Gasteiger partial charge in [0.1, 0.15) is 0 Å². The molecule has 2 aromatic heterocycles. The topological polar surface area (TPSA) is 67.4 Å². The summed E-state index contributed by atoms with van der Waals surface area (Å²) in [5.41, 5.74) is 3.77. The van der Waals surface area contributed by atoms with Crippen molar-refractivity contribution in [2.75, 3.05) is 0 Å². The summed E-state index contributed by atoms with van der Waals surface area (Å²) >= 11 is 0. The zero-order valence-electron chi connectivity index (χ0n) is 11.9. The maximum Gasteiger partial charge on any atom is 0.250 e. The molecule has 2 aliphatic rings. The van der Waals surface area contributed by atoms with E-state index in [-0.39, 0.29) is 0 Å². The molecule has 2 aromatic rings. The molecule has 1 unspecified atom stereocenters. The van der Waals surface area contributed by atoms with Crippen LogP contribution < -0.4 is 0 Å². The lowest BCUT2D eigenvalue weighted by Gasteiger charge is -2.21. The number of rotatable bonds is 3. The highest BCUT2D eigenvalue weighted by Gasteiger charge is 2.36. The highest BCUT2D eigenvalue weighted by Crippen LogP contribution is 2.47. The van der Waals surface area contributed by atoms with E-state index in [0.717, 1.165) is 19.3 Å². The van der Waals surface area contributed by atoms with E-state index in [9.17, 15) is 0 Å². The molecule has 2 aliphatic carbocycles. The first-order chi connectivity index (χ1) is 10.4. The average molecular weight is 279 g/mol. The fourth-order valence-electron chi connectivity index (χ4n) is 3.37. The smallest absolute Gasteiger partial charge is 0.220 e. The predicted molar refractivity (Wildman–Crippen MR) is 77.0 cm³/mol. The van der Waals surface area contributed by atoms with E-state index in [1.54, 1.807) is 12.4 Å². The van der Waals surface area contributed by atoms with Gasteiger partial charge in [-0.15, -0.1) is 0 Å². The third-order valence-electron chi connectivity index (χ3n) is 4.47. The van der Waals surface area contributed by atoms with E-state index in [4.69, 9.17) is 10.4 Å². The fourth-order valence-corrected chi connectivity index (χ4v) is 3.37. The molecule has 1 fully saturated rings. The van der Waals surface area contributed by atoms with Crippen molar-refractivity contribution in [2.45, 2.75) is 50.4 Å². The second kappa shape index (κ2) is 4.96. The first-order valence-corrected chi connectivity index (χ1v) is 7.64. The van der Waals surface area contributed by atoms with Gasteiger partial charge in [0.15, 0.2) is 0 Å². The third-order valence-corrected chi connectivity index (χ3v) is 4.47. The van der Waals surface area contributed by atoms with Crippen LogP contribution >= 0.6 is 0 Å². The molecule has 0 bridgehead atoms. The van der Waals surface area contributed by atoms with E-state index < -0.39 is 0 Å². The Morgan fingerprint density at radius 1 is 1.24 bits per heavy atom. The van der Waals surface area contributed by atoms with E-state index >= 15 is 0 Å². The van der Waals surface area contributed by atoms with Crippen LogP contribution in [0.5, 0.6) is 0 Å². The molecule has 21 heavy (non-hydrogen) atoms. The molecule has 2 heterocycles. The monoisotopic (exact) mass is 279 g/mol. The van der Waals surface area contributed by atoms with Crippen molar-refractivity contribution in [1.82, 2.24) is 19.7 Å². The van der Waals surface area contributed by atoms with Crippen molar-refractivity contribution in [3.05, 3.63) is 35.4 Å². The van der Waals surface area contributed by atoms with Gasteiger partial charge in [0.2, 0.25) is 0 Å². The van der Waals surface area contributed by atoms with Crippen LogP contribution in [0.15, 0.2) is 18.5 Å². The lowest BCUT2D eigenvalue weighted by molar-refractivity contribution is 0.546. The van der Waals surface area contributed by atoms with Gasteiger partial charge in [0, 0.05) is 36.2 Å². The van der Waals surface area contributed by atoms with Gasteiger partial charge in [0.05, 0.1) is 17.5 Å². The Hall–Kier alpha value is -2.22. The molecular formula is C16H17N5. The van der Waals surface area contributed by atoms with E-state index in [1.165, 1.54) is 29.8 Å². The van der Waals surface area contributed by atoms with Crippen molar-refractivity contribution in [1.29, 1.82) is 5.26 Å². The summed E-state index contributed by atoms with van der Waals surface area (Å²) in [6.07, 6.45) is 9.76. The maximum atomic E-state index is 9.11. The van der Waals surface area contributed by atoms with Gasteiger partial charge in [-0.2, -0.15) is 10.4 Å². The number of hydrogen-bond acceptors (Lipinski definition) is 4. The van der Waals surface area contributed by atoms with Gasteiger partial charge in [-0.25, -0.2) is 14.6 Å². The number of fused-ring (bicyclic) bond motifs is 1. The molecule has 4 rings (SSSR count). The molecule has 5 heteroatoms. The van der Waals surface area contributed by atoms with E-state index in [1.807, 2.05) is 10.7 Å². The summed E-state index contributed by atoms with van der Waals surface area (Å²) in [5.74, 6) is 1.58. The van der Waals surface area contributed by atoms with Crippen LogP contribution in [-0.2, 0) is 6.42 Å². The number of aromatic nitrogens is 4. The van der Waals surface area contributed by atoms with Gasteiger partial charge >= 0.3 is 0 Å². The first kappa shape index (κ1) is 12.5. The Bertz CT molecular complexity index is 693. The second-order valence-electron chi connectivity index (χ2n) is 5.93. The number of nitriles is 1. The van der Waals surface area contributed by atoms with Crippen LogP contribution in [0.25, 0.3) is 5.95 Å². The van der Waals surface area contributed by atoms with Crippen LogP contribution in [0, 0.1) is 11.3 Å². The molecule has 0 aromatic carbocycles. The molecule has 1 atom stereocenters. The summed E-state index contributed by atoms with van der Waals surface area (Å²) in [4.78, 5) is 8.69. The normalized spacial score (nSPS) is 20.8. The van der Waals surface area contributed by atoms with Gasteiger partial charge in [0.25, 0.3) is 5.95 Å². The van der Waals surface area contributed by atoms with Crippen LogP contribution in [0.2, 0.25) is 0 Å². The van der Waals surface area contributed by atoms with Gasteiger partial charge in [-0.3, -0.25) is 0 Å². The number of nitrogens with zero attached hydrogens (tertiary/aromatic N) is 5. The summed E-state index contributed by atoms with van der Waals surface area (Å²) in [6.45, 7) is 0. The van der Waals surface area contributed by atoms with Crippen molar-refractivity contribution in [3.8, 4) is 12.0 Å². The molecular weight excluding hydrogens is 262 g/mol. The maximum absolute atomic E-state index is 9.11. The van der Waals surface area contributed by atoms with Gasteiger partial charge in [-0.1, -0.05) is 0 Å². The molecule has 0 amide bonds. The summed E-state index contributed by atoms with van der Waals surface area (Å²) in [6, 6.07) is 4.16. The Balaban J connectivity index is 1.86. The first-order valence-electron chi connectivity index (χ1n) is 7.64. The Kier molecular flexibility index (Phi) is 2.95. The minimum absolute atomic E-state index is 0.340. The number of hydrogen-bond donors (Lipinski definition) is 0. The third kappa shape index (κ3) is 2.11. The Morgan fingerprint density at radius 3 is 2.76 bits per heavy atom. The highest BCUT2D eigenvalue weighted by molar-refractivity contribution is 5.39. The van der Waals surface area contributed by atoms with Gasteiger partial charge in [-0.05, 0) is 38.2 Å². The molecule has 106 valence electrons. The molecule has 0 saturated heterocycles. The van der Waals surface area contributed by atoms with Crippen molar-refractivity contribution < 1.29 is 0 Å². The minimum Gasteiger partial charge on any atom is -0.220 e. The zero-order valence-corrected chi connectivity index (χ0v) is 11.9. The van der Waals surface area contributed by atoms with Crippen LogP contribution in [0.1, 0.15) is 60.9 Å². The van der Waals surface area contributed by atoms with E-state index in [0.29, 0.717) is 24.2 Å².